The number of carbonyl (C=O) groups is 6. The molecular formula is C100H97Cl3N12O16. The van der Waals surface area contributed by atoms with E-state index in [4.69, 9.17) is 83.8 Å². The molecule has 0 fully saturated rings. The Morgan fingerprint density at radius 1 is 0.359 bits per heavy atom. The molecule has 7 N–H and O–H groups in total. The molecule has 15 aromatic rings. The number of carbonyl (C=O) groups excluding carboxylic acids is 4. The molecule has 0 saturated heterocycles. The number of hydrogen-bond donors (Lipinski definition) is 6. The van der Waals surface area contributed by atoms with Gasteiger partial charge < -0.3 is 64.8 Å². The largest absolute Gasteiger partial charge is 0.480 e. The number of halogens is 3. The lowest BCUT2D eigenvalue weighted by Crippen LogP contribution is -2.48. The van der Waals surface area contributed by atoms with E-state index in [1.165, 1.54) is 21.2 Å². The van der Waals surface area contributed by atoms with E-state index < -0.39 is 77.2 Å². The molecule has 6 heterocycles. The van der Waals surface area contributed by atoms with Crippen molar-refractivity contribution >= 4 is 87.4 Å². The zero-order valence-corrected chi connectivity index (χ0v) is 76.0. The number of amides is 2. The number of carboxylic acids is 2. The van der Waals surface area contributed by atoms with Gasteiger partial charge in [-0.2, -0.15) is 15.3 Å². The summed E-state index contributed by atoms with van der Waals surface area (Å²) in [5.74, 6) is -0.614. The third kappa shape index (κ3) is 27.4. The number of esters is 2. The van der Waals surface area contributed by atoms with Crippen LogP contribution in [-0.2, 0) is 33.3 Å². The quantitative estimate of drug-likeness (QED) is 0.0289. The van der Waals surface area contributed by atoms with Gasteiger partial charge in [0.05, 0.1) is 65.2 Å². The van der Waals surface area contributed by atoms with Gasteiger partial charge in [0, 0.05) is 66.6 Å². The summed E-state index contributed by atoms with van der Waals surface area (Å²) in [5.41, 5.74) is 13.7. The fourth-order valence-corrected chi connectivity index (χ4v) is 12.8. The predicted molar refractivity (Wildman–Crippen MR) is 501 cm³/mol. The highest BCUT2D eigenvalue weighted by molar-refractivity contribution is 6.31. The Balaban J connectivity index is 0.000000166. The average Bonchev–Trinajstić information content (AvgIpc) is 1.67. The van der Waals surface area contributed by atoms with Crippen molar-refractivity contribution in [1.29, 1.82) is 0 Å². The number of aliphatic carboxylic acids is 1. The van der Waals surface area contributed by atoms with Crippen LogP contribution in [0.1, 0.15) is 115 Å². The molecule has 0 saturated carbocycles. The Morgan fingerprint density at radius 3 is 0.939 bits per heavy atom. The van der Waals surface area contributed by atoms with Crippen molar-refractivity contribution < 1.29 is 77.2 Å². The lowest BCUT2D eigenvalue weighted by atomic mass is 10.1. The first-order valence-corrected chi connectivity index (χ1v) is 42.5. The molecule has 15 rings (SSSR count). The average molecular weight is 1830 g/mol. The van der Waals surface area contributed by atoms with Gasteiger partial charge in [0.25, 0.3) is 11.8 Å². The molecule has 0 aliphatic heterocycles. The molecule has 131 heavy (non-hydrogen) atoms. The van der Waals surface area contributed by atoms with Crippen LogP contribution in [0.25, 0.3) is 84.5 Å². The fourth-order valence-electron chi connectivity index (χ4n) is 12.4. The first kappa shape index (κ1) is 95.9. The lowest BCUT2D eigenvalue weighted by Gasteiger charge is -2.27. The topological polar surface area (TPSA) is 368 Å². The number of nitrogens with one attached hydrogen (secondary N) is 2. The molecule has 31 heteroatoms. The third-order valence-corrected chi connectivity index (χ3v) is 19.4. The number of carboxylic acid groups (broad SMARTS) is 2. The maximum Gasteiger partial charge on any atom is 0.356 e. The van der Waals surface area contributed by atoms with Gasteiger partial charge in [-0.1, -0.05) is 126 Å². The van der Waals surface area contributed by atoms with Crippen molar-refractivity contribution in [2.75, 3.05) is 19.8 Å². The van der Waals surface area contributed by atoms with E-state index in [9.17, 15) is 39.0 Å². The van der Waals surface area contributed by atoms with Crippen molar-refractivity contribution in [1.82, 2.24) is 54.4 Å². The minimum Gasteiger partial charge on any atom is -0.480 e. The number of hydrogen-bond acceptors (Lipinski definition) is 21. The van der Waals surface area contributed by atoms with Crippen LogP contribution in [0.5, 0.6) is 34.5 Å². The lowest BCUT2D eigenvalue weighted by molar-refractivity contribution is -0.161. The molecular weight excluding hydrogens is 1730 g/mol. The van der Waals surface area contributed by atoms with Gasteiger partial charge >= 0.3 is 23.9 Å². The number of ether oxygens (including phenoxy) is 7. The molecule has 0 bridgehead atoms. The van der Waals surface area contributed by atoms with Gasteiger partial charge in [-0.3, -0.25) is 14.4 Å². The van der Waals surface area contributed by atoms with Crippen molar-refractivity contribution in [2.24, 2.45) is 5.73 Å². The van der Waals surface area contributed by atoms with Crippen molar-refractivity contribution in [3.63, 3.8) is 0 Å². The first-order chi connectivity index (χ1) is 62.2. The van der Waals surface area contributed by atoms with E-state index in [-0.39, 0.29) is 35.9 Å². The number of nitrogens with two attached hydrogens (primary N) is 1. The maximum atomic E-state index is 13.6. The molecule has 3 atom stereocenters. The Kier molecular flexibility index (Phi) is 31.0. The molecule has 0 spiro atoms. The Bertz CT molecular complexity index is 6480. The summed E-state index contributed by atoms with van der Waals surface area (Å²) in [6.45, 7) is 21.4. The minimum absolute atomic E-state index is 0.0456. The fraction of sp³-hybridized carbons (Fsp3) is 0.220. The molecule has 0 radical (unpaired) electrons. The van der Waals surface area contributed by atoms with E-state index in [1.54, 1.807) is 67.8 Å². The highest BCUT2D eigenvalue weighted by Crippen LogP contribution is 2.36. The third-order valence-electron chi connectivity index (χ3n) is 18.6. The first-order valence-electron chi connectivity index (χ1n) is 41.4. The van der Waals surface area contributed by atoms with E-state index >= 15 is 0 Å². The second kappa shape index (κ2) is 42.3. The van der Waals surface area contributed by atoms with E-state index in [0.717, 1.165) is 44.9 Å². The van der Waals surface area contributed by atoms with E-state index in [0.29, 0.717) is 89.2 Å². The zero-order valence-electron chi connectivity index (χ0n) is 73.7. The van der Waals surface area contributed by atoms with E-state index in [1.807, 2.05) is 281 Å². The van der Waals surface area contributed by atoms with Crippen molar-refractivity contribution in [3.05, 3.63) is 305 Å². The Labute approximate surface area is 770 Å². The number of aliphatic hydroxyl groups is 1. The second-order valence-corrected chi connectivity index (χ2v) is 35.0. The van der Waals surface area contributed by atoms with E-state index in [2.05, 4.69) is 35.9 Å². The monoisotopic (exact) mass is 1830 g/mol. The van der Waals surface area contributed by atoms with Crippen LogP contribution in [0.4, 0.5) is 0 Å². The predicted octanol–water partition coefficient (Wildman–Crippen LogP) is 20.1. The summed E-state index contributed by atoms with van der Waals surface area (Å²) in [5, 5.41) is 47.9. The van der Waals surface area contributed by atoms with Crippen LogP contribution >= 0.6 is 34.8 Å². The van der Waals surface area contributed by atoms with Gasteiger partial charge in [-0.15, -0.1) is 0 Å². The van der Waals surface area contributed by atoms with Crippen molar-refractivity contribution in [2.45, 2.75) is 124 Å². The van der Waals surface area contributed by atoms with Crippen molar-refractivity contribution in [3.8, 4) is 102 Å². The highest BCUT2D eigenvalue weighted by Gasteiger charge is 2.32. The number of aromatic carboxylic acids is 1. The normalized spacial score (nSPS) is 12.2. The molecule has 674 valence electrons. The molecule has 9 aromatic carbocycles. The summed E-state index contributed by atoms with van der Waals surface area (Å²) >= 11 is 18.2. The highest BCUT2D eigenvalue weighted by atomic mass is 35.5. The number of benzene rings is 9. The van der Waals surface area contributed by atoms with Crippen LogP contribution < -0.4 is 30.6 Å². The number of aliphatic hydroxyl groups excluding tert-OH is 1. The van der Waals surface area contributed by atoms with Crippen LogP contribution in [0, 0.1) is 0 Å². The minimum atomic E-state index is -1.46. The van der Waals surface area contributed by atoms with Crippen LogP contribution in [0.2, 0.25) is 15.1 Å². The number of nitrogens with zero attached hydrogens (tertiary/aromatic N) is 9. The summed E-state index contributed by atoms with van der Waals surface area (Å²) in [6, 6.07) is 79.7. The summed E-state index contributed by atoms with van der Waals surface area (Å²) < 4.78 is 44.3. The number of fused-ring (bicyclic) bond motifs is 3. The van der Waals surface area contributed by atoms with Gasteiger partial charge in [0.15, 0.2) is 46.1 Å². The summed E-state index contributed by atoms with van der Waals surface area (Å²) in [7, 11) is 0. The van der Waals surface area contributed by atoms with Crippen LogP contribution in [0.3, 0.4) is 0 Å². The standard InChI is InChI=1S/C36H37ClN4O5.C28H21ClN4O5.C25H16ClN3O3.C11H23NO3/c1-35(2,3)44-22-30(34(43)46-36(4,5)6)39-33(42)29-21-32-38-28(23-12-16-25(37)17-13-23)20-31(41(32)40-29)24-14-18-27(19-15-24)45-26-10-8-7-9-11-26;29-19-10-6-17(7-11-19)22-14-25(18-8-12-21(13-9-18)38-20-4-2-1-3-5-20)33-26(30-22)15-23(32-33)27(35)31-24(16-34)28(36)37;26-18-10-6-16(7-11-18)21-14-23(29-24(27-21)15-22(28-29)25(30)31)17-8-12-20(13-9-17)32-19-4-2-1-3-5-19;1-10(2,3)14-7-8(12)9(13)15-11(4,5)6/h7-21,30H,22H2,1-6H3,(H,39,42);1-15,24,34H,16H2,(H,31,35)(H,36,37);1-15H,(H,30,31);8H,7,12H2,1-6H3/t30-;24-;;8-/m00.0/s1. The Morgan fingerprint density at radius 2 is 0.641 bits per heavy atom. The van der Waals surface area contributed by atoms with Crippen LogP contribution in [-0.4, -0.2) is 155 Å². The SMILES string of the molecule is CC(C)(C)OC[C@H](N)C(=O)OC(C)(C)C.CC(C)(C)OC[C@H](NC(=O)c1cc2nc(-c3ccc(Cl)cc3)cc(-c3ccc(Oc4ccccc4)cc3)n2n1)C(=O)OC(C)(C)C.O=C(N[C@@H](CO)C(=O)O)c1cc2nc(-c3ccc(Cl)cc3)cc(-c3ccc(Oc4ccccc4)cc3)n2n1.O=C(O)c1cc2nc(-c3ccc(Cl)cc3)cc(-c3ccc(Oc4ccccc4)cc3)n2n1. The maximum absolute atomic E-state index is 13.6. The molecule has 0 aliphatic carbocycles. The van der Waals surface area contributed by atoms with Gasteiger partial charge in [0.2, 0.25) is 0 Å². The zero-order chi connectivity index (χ0) is 94.1. The molecule has 0 unspecified atom stereocenters. The second-order valence-electron chi connectivity index (χ2n) is 33.7. The van der Waals surface area contributed by atoms with Crippen LogP contribution in [0.15, 0.2) is 273 Å². The van der Waals surface area contributed by atoms with Gasteiger partial charge in [-0.05, 0) is 247 Å². The molecule has 0 aliphatic rings. The molecule has 6 aromatic heterocycles. The van der Waals surface area contributed by atoms with Gasteiger partial charge in [-0.25, -0.2) is 42.9 Å². The number of aromatic nitrogens is 9. The molecule has 28 nitrogen and oxygen atoms in total. The number of para-hydroxylation sites is 3. The molecule has 2 amide bonds. The number of rotatable bonds is 25. The summed E-state index contributed by atoms with van der Waals surface area (Å²) in [6.07, 6.45) is 0. The Hall–Kier alpha value is -14.2. The van der Waals surface area contributed by atoms with Gasteiger partial charge in [0.1, 0.15) is 51.7 Å². The summed E-state index contributed by atoms with van der Waals surface area (Å²) in [4.78, 5) is 87.6. The smallest absolute Gasteiger partial charge is 0.356 e.